The fourth-order valence-electron chi connectivity index (χ4n) is 2.81. The first kappa shape index (κ1) is 26.9. The highest BCUT2D eigenvalue weighted by Gasteiger charge is 2.23. The molecule has 2 aromatic rings. The minimum Gasteiger partial charge on any atom is -0.355 e. The van der Waals surface area contributed by atoms with Gasteiger partial charge >= 0.3 is 0 Å². The van der Waals surface area contributed by atoms with Gasteiger partial charge in [0.15, 0.2) is 5.01 Å². The number of nitrogens with zero attached hydrogens (tertiary/aromatic N) is 2. The molecular formula is C20H27N7O3S3. The Morgan fingerprint density at radius 1 is 1.09 bits per heavy atom. The van der Waals surface area contributed by atoms with E-state index in [1.807, 2.05) is 6.07 Å². The van der Waals surface area contributed by atoms with Crippen molar-refractivity contribution in [3.05, 3.63) is 23.2 Å². The number of anilines is 1. The van der Waals surface area contributed by atoms with E-state index in [-0.39, 0.29) is 17.4 Å². The molecule has 0 aliphatic heterocycles. The second kappa shape index (κ2) is 13.4. The van der Waals surface area contributed by atoms with Gasteiger partial charge in [-0.2, -0.15) is 30.5 Å². The molecule has 0 radical (unpaired) electrons. The maximum Gasteiger partial charge on any atom is 0.246 e. The molecule has 0 aliphatic rings. The Labute approximate surface area is 206 Å². The van der Waals surface area contributed by atoms with E-state index in [0.29, 0.717) is 42.0 Å². The molecule has 1 aromatic carbocycles. The van der Waals surface area contributed by atoms with Crippen molar-refractivity contribution in [2.45, 2.75) is 37.4 Å². The molecule has 0 saturated heterocycles. The van der Waals surface area contributed by atoms with Gasteiger partial charge in [0.1, 0.15) is 12.1 Å². The Morgan fingerprint density at radius 2 is 1.79 bits per heavy atom. The van der Waals surface area contributed by atoms with Gasteiger partial charge in [0.25, 0.3) is 0 Å². The van der Waals surface area contributed by atoms with E-state index in [1.54, 1.807) is 18.2 Å². The number of thiol groups is 2. The number of hydrogen-bond acceptors (Lipinski definition) is 10. The smallest absolute Gasteiger partial charge is 0.246 e. The molecule has 3 amide bonds. The molecule has 3 atom stereocenters. The van der Waals surface area contributed by atoms with Crippen LogP contribution in [-0.2, 0) is 14.4 Å². The van der Waals surface area contributed by atoms with Gasteiger partial charge in [-0.05, 0) is 37.5 Å². The van der Waals surface area contributed by atoms with Crippen LogP contribution in [0.4, 0.5) is 5.69 Å². The molecule has 33 heavy (non-hydrogen) atoms. The van der Waals surface area contributed by atoms with E-state index in [9.17, 15) is 14.4 Å². The normalized spacial score (nSPS) is 13.5. The van der Waals surface area contributed by atoms with Gasteiger partial charge in [0.05, 0.1) is 22.3 Å². The van der Waals surface area contributed by atoms with Crippen molar-refractivity contribution in [1.29, 1.82) is 5.26 Å². The molecule has 0 bridgehead atoms. The number of nitriles is 1. The van der Waals surface area contributed by atoms with E-state index in [2.05, 4.69) is 46.2 Å². The number of nitrogens with one attached hydrogen (secondary N) is 3. The molecule has 7 N–H and O–H groups in total. The summed E-state index contributed by atoms with van der Waals surface area (Å²) >= 11 is 9.24. The molecule has 13 heteroatoms. The zero-order chi connectivity index (χ0) is 24.4. The molecule has 10 nitrogen and oxygen atoms in total. The zero-order valence-corrected chi connectivity index (χ0v) is 20.4. The first-order valence-corrected chi connectivity index (χ1v) is 12.3. The number of thiazole rings is 1. The van der Waals surface area contributed by atoms with Crippen molar-refractivity contribution in [2.24, 2.45) is 11.5 Å². The average Bonchev–Trinajstić information content (AvgIpc) is 3.24. The summed E-state index contributed by atoms with van der Waals surface area (Å²) in [7, 11) is 0. The van der Waals surface area contributed by atoms with Crippen LogP contribution < -0.4 is 27.4 Å². The van der Waals surface area contributed by atoms with Crippen molar-refractivity contribution in [3.63, 3.8) is 0 Å². The Morgan fingerprint density at radius 3 is 2.45 bits per heavy atom. The maximum atomic E-state index is 12.9. The Hall–Kier alpha value is -2.37. The summed E-state index contributed by atoms with van der Waals surface area (Å²) in [4.78, 5) is 41.0. The third kappa shape index (κ3) is 8.17. The predicted molar refractivity (Wildman–Crippen MR) is 135 cm³/mol. The van der Waals surface area contributed by atoms with Crippen LogP contribution in [0.3, 0.4) is 0 Å². The molecule has 0 fully saturated rings. The van der Waals surface area contributed by atoms with Gasteiger partial charge in [-0.15, -0.1) is 11.3 Å². The molecule has 2 rings (SSSR count). The number of carbonyl (C=O) groups excluding carboxylic acids is 3. The van der Waals surface area contributed by atoms with Crippen LogP contribution in [-0.4, -0.2) is 58.9 Å². The van der Waals surface area contributed by atoms with Gasteiger partial charge in [-0.3, -0.25) is 14.4 Å². The lowest BCUT2D eigenvalue weighted by atomic mass is 10.1. The Balaban J connectivity index is 1.99. The van der Waals surface area contributed by atoms with Crippen LogP contribution in [0.2, 0.25) is 0 Å². The summed E-state index contributed by atoms with van der Waals surface area (Å²) in [5.74, 6) is -0.780. The van der Waals surface area contributed by atoms with Gasteiger partial charge in [0, 0.05) is 23.7 Å². The lowest BCUT2D eigenvalue weighted by Crippen LogP contribution is -2.50. The van der Waals surface area contributed by atoms with Crippen molar-refractivity contribution < 1.29 is 14.4 Å². The quantitative estimate of drug-likeness (QED) is 0.160. The molecule has 1 heterocycles. The van der Waals surface area contributed by atoms with E-state index < -0.39 is 29.9 Å². The van der Waals surface area contributed by atoms with Crippen molar-refractivity contribution in [1.82, 2.24) is 15.6 Å². The van der Waals surface area contributed by atoms with Crippen LogP contribution in [0.15, 0.2) is 18.2 Å². The molecule has 1 aromatic heterocycles. The topological polar surface area (TPSA) is 176 Å². The Kier molecular flexibility index (Phi) is 10.9. The van der Waals surface area contributed by atoms with Gasteiger partial charge in [0.2, 0.25) is 17.7 Å². The summed E-state index contributed by atoms with van der Waals surface area (Å²) in [6.07, 6.45) is 1.49. The number of benzene rings is 1. The fourth-order valence-corrected chi connectivity index (χ4v) is 3.94. The zero-order valence-electron chi connectivity index (χ0n) is 17.8. The summed E-state index contributed by atoms with van der Waals surface area (Å²) in [5.41, 5.74) is 12.5. The average molecular weight is 510 g/mol. The lowest BCUT2D eigenvalue weighted by Gasteiger charge is -2.20. The number of aromatic nitrogens is 1. The van der Waals surface area contributed by atoms with E-state index in [4.69, 9.17) is 16.7 Å². The number of hydrogen-bond donors (Lipinski definition) is 7. The Bertz CT molecular complexity index is 1020. The standard InChI is InChI=1S/C20H27N7O3S3/c21-8-17-26-14-5-4-11(7-16(14)33-17)25-20(30)15(27-19(29)13(23)10-32)3-1-2-6-24-18(28)12(22)9-31/h4-5,7,12-13,15,31-32H,1-3,6,9-10,22-23H2,(H,24,28)(H,25,30)(H,27,29)/t12-,13-,15-/m0/s1. The summed E-state index contributed by atoms with van der Waals surface area (Å²) in [5, 5.41) is 17.5. The van der Waals surface area contributed by atoms with Crippen LogP contribution in [0.25, 0.3) is 10.2 Å². The second-order valence-corrected chi connectivity index (χ2v) is 8.99. The largest absolute Gasteiger partial charge is 0.355 e. The van der Waals surface area contributed by atoms with Gasteiger partial charge < -0.3 is 27.4 Å². The first-order chi connectivity index (χ1) is 15.8. The van der Waals surface area contributed by atoms with Crippen molar-refractivity contribution >= 4 is 70.2 Å². The molecule has 0 unspecified atom stereocenters. The minimum absolute atomic E-state index is 0.140. The van der Waals surface area contributed by atoms with Crippen molar-refractivity contribution in [2.75, 3.05) is 23.4 Å². The van der Waals surface area contributed by atoms with E-state index in [0.717, 1.165) is 4.70 Å². The number of amides is 3. The fraction of sp³-hybridized carbons (Fsp3) is 0.450. The van der Waals surface area contributed by atoms with E-state index >= 15 is 0 Å². The van der Waals surface area contributed by atoms with Gasteiger partial charge in [-0.1, -0.05) is 0 Å². The van der Waals surface area contributed by atoms with Gasteiger partial charge in [-0.25, -0.2) is 4.98 Å². The molecular weight excluding hydrogens is 482 g/mol. The molecule has 0 aliphatic carbocycles. The van der Waals surface area contributed by atoms with Crippen molar-refractivity contribution in [3.8, 4) is 6.07 Å². The van der Waals surface area contributed by atoms with Crippen LogP contribution >= 0.6 is 36.6 Å². The number of fused-ring (bicyclic) bond motifs is 1. The highest BCUT2D eigenvalue weighted by molar-refractivity contribution is 7.80. The second-order valence-electron chi connectivity index (χ2n) is 7.23. The molecule has 178 valence electrons. The highest BCUT2D eigenvalue weighted by atomic mass is 32.1. The summed E-state index contributed by atoms with van der Waals surface area (Å²) in [6.45, 7) is 0.391. The number of rotatable bonds is 12. The summed E-state index contributed by atoms with van der Waals surface area (Å²) in [6, 6.07) is 4.78. The van der Waals surface area contributed by atoms with Crippen LogP contribution in [0, 0.1) is 11.3 Å². The monoisotopic (exact) mass is 509 g/mol. The number of unbranched alkanes of at least 4 members (excludes halogenated alkanes) is 1. The molecule has 0 spiro atoms. The first-order valence-electron chi connectivity index (χ1n) is 10.2. The SMILES string of the molecule is N#Cc1nc2ccc(NC(=O)[C@H](CCCCNC(=O)[C@@H](N)CS)NC(=O)[C@@H](N)CS)cc2s1. The minimum atomic E-state index is -0.844. The summed E-state index contributed by atoms with van der Waals surface area (Å²) < 4.78 is 0.761. The third-order valence-electron chi connectivity index (χ3n) is 4.67. The van der Waals surface area contributed by atoms with Crippen LogP contribution in [0.1, 0.15) is 24.3 Å². The number of carbonyl (C=O) groups is 3. The van der Waals surface area contributed by atoms with Crippen LogP contribution in [0.5, 0.6) is 0 Å². The predicted octanol–water partition coefficient (Wildman–Crippen LogP) is 0.392. The maximum absolute atomic E-state index is 12.9. The highest BCUT2D eigenvalue weighted by Crippen LogP contribution is 2.25. The third-order valence-corrected chi connectivity index (χ3v) is 6.38. The molecule has 0 saturated carbocycles. The lowest BCUT2D eigenvalue weighted by molar-refractivity contribution is -0.127. The number of nitrogens with two attached hydrogens (primary N) is 2. The van der Waals surface area contributed by atoms with E-state index in [1.165, 1.54) is 11.3 Å².